The summed E-state index contributed by atoms with van der Waals surface area (Å²) in [6, 6.07) is 22.1. The van der Waals surface area contributed by atoms with Crippen LogP contribution in [0.15, 0.2) is 77.6 Å². The number of fused-ring (bicyclic) bond motifs is 1. The van der Waals surface area contributed by atoms with Crippen molar-refractivity contribution in [1.29, 1.82) is 0 Å². The zero-order valence-electron chi connectivity index (χ0n) is 18.0. The van der Waals surface area contributed by atoms with E-state index in [4.69, 9.17) is 4.74 Å². The highest BCUT2D eigenvalue weighted by Crippen LogP contribution is 2.25. The van der Waals surface area contributed by atoms with Crippen LogP contribution in [0.1, 0.15) is 22.8 Å². The summed E-state index contributed by atoms with van der Waals surface area (Å²) in [5.41, 5.74) is 2.98. The molecular formula is C26H24N2O4. The second kappa shape index (κ2) is 9.16. The number of aliphatic hydroxyl groups is 1. The number of aromatic nitrogens is 2. The Kier molecular flexibility index (Phi) is 6.14. The van der Waals surface area contributed by atoms with Crippen molar-refractivity contribution in [3.8, 4) is 17.0 Å². The molecule has 1 atom stereocenters. The first-order valence-corrected chi connectivity index (χ1v) is 10.4. The maximum atomic E-state index is 13.0. The van der Waals surface area contributed by atoms with Crippen LogP contribution in [0, 0.1) is 6.92 Å². The van der Waals surface area contributed by atoms with Crippen LogP contribution in [0.25, 0.3) is 22.0 Å². The van der Waals surface area contributed by atoms with Gasteiger partial charge in [0.05, 0.1) is 17.6 Å². The highest BCUT2D eigenvalue weighted by atomic mass is 16.5. The van der Waals surface area contributed by atoms with Gasteiger partial charge in [-0.05, 0) is 32.0 Å². The molecule has 6 nitrogen and oxygen atoms in total. The van der Waals surface area contributed by atoms with Crippen LogP contribution in [0.4, 0.5) is 0 Å². The zero-order chi connectivity index (χ0) is 22.7. The number of benzene rings is 3. The zero-order valence-corrected chi connectivity index (χ0v) is 18.0. The normalized spacial score (nSPS) is 12.0. The molecule has 4 aromatic rings. The Morgan fingerprint density at radius 2 is 1.75 bits per heavy atom. The number of rotatable bonds is 7. The first kappa shape index (κ1) is 21.5. The number of nitrogens with zero attached hydrogens (tertiary/aromatic N) is 2. The molecule has 6 heteroatoms. The molecule has 32 heavy (non-hydrogen) atoms. The van der Waals surface area contributed by atoms with E-state index in [0.29, 0.717) is 22.4 Å². The lowest BCUT2D eigenvalue weighted by Gasteiger charge is -2.16. The van der Waals surface area contributed by atoms with Crippen molar-refractivity contribution in [3.63, 3.8) is 0 Å². The van der Waals surface area contributed by atoms with Crippen LogP contribution >= 0.6 is 0 Å². The summed E-state index contributed by atoms with van der Waals surface area (Å²) >= 11 is 0. The molecule has 0 spiro atoms. The van der Waals surface area contributed by atoms with Crippen molar-refractivity contribution >= 4 is 16.6 Å². The van der Waals surface area contributed by atoms with E-state index in [1.807, 2.05) is 49.4 Å². The number of hydrogen-bond acceptors (Lipinski definition) is 5. The highest BCUT2D eigenvalue weighted by molar-refractivity contribution is 5.94. The first-order chi connectivity index (χ1) is 15.4. The second-order valence-corrected chi connectivity index (χ2v) is 7.80. The summed E-state index contributed by atoms with van der Waals surface area (Å²) < 4.78 is 6.93. The lowest BCUT2D eigenvalue weighted by molar-refractivity contribution is 0.0881. The Hall–Kier alpha value is -3.77. The monoisotopic (exact) mass is 428 g/mol. The van der Waals surface area contributed by atoms with Gasteiger partial charge >= 0.3 is 0 Å². The van der Waals surface area contributed by atoms with E-state index in [-0.39, 0.29) is 24.5 Å². The molecule has 0 aliphatic carbocycles. The molecule has 1 N–H and O–H groups in total. The SMILES string of the molecule is CC(=O)c1cccc(OCC(O)Cn2nc(-c3ccc(C)cc3)c3ccccc3c2=O)c1. The summed E-state index contributed by atoms with van der Waals surface area (Å²) in [4.78, 5) is 24.5. The van der Waals surface area contributed by atoms with E-state index in [9.17, 15) is 14.7 Å². The molecule has 4 rings (SSSR count). The molecule has 0 fully saturated rings. The lowest BCUT2D eigenvalue weighted by Crippen LogP contribution is -2.32. The van der Waals surface area contributed by atoms with E-state index in [0.717, 1.165) is 16.5 Å². The van der Waals surface area contributed by atoms with Crippen LogP contribution in [-0.2, 0) is 6.54 Å². The van der Waals surface area contributed by atoms with Gasteiger partial charge in [-0.3, -0.25) is 9.59 Å². The molecule has 0 radical (unpaired) electrons. The maximum Gasteiger partial charge on any atom is 0.274 e. The van der Waals surface area contributed by atoms with Crippen molar-refractivity contribution in [2.24, 2.45) is 0 Å². The third-order valence-electron chi connectivity index (χ3n) is 5.26. The molecule has 1 aromatic heterocycles. The fourth-order valence-corrected chi connectivity index (χ4v) is 3.53. The molecule has 0 aliphatic heterocycles. The average molecular weight is 428 g/mol. The van der Waals surface area contributed by atoms with Gasteiger partial charge in [0.25, 0.3) is 5.56 Å². The molecule has 0 aliphatic rings. The summed E-state index contributed by atoms with van der Waals surface area (Å²) in [5, 5.41) is 16.4. The van der Waals surface area contributed by atoms with E-state index in [1.165, 1.54) is 11.6 Å². The molecule has 0 amide bonds. The van der Waals surface area contributed by atoms with Gasteiger partial charge in [0.15, 0.2) is 5.78 Å². The fraction of sp³-hybridized carbons (Fsp3) is 0.192. The standard InChI is InChI=1S/C26H24N2O4/c1-17-10-12-19(13-11-17)25-23-8-3-4-9-24(23)26(31)28(27-25)15-21(30)16-32-22-7-5-6-20(14-22)18(2)29/h3-14,21,30H,15-16H2,1-2H3. The Labute approximate surface area is 185 Å². The molecule has 162 valence electrons. The first-order valence-electron chi connectivity index (χ1n) is 10.4. The van der Waals surface area contributed by atoms with Gasteiger partial charge in [-0.1, -0.05) is 60.2 Å². The summed E-state index contributed by atoms with van der Waals surface area (Å²) in [6.07, 6.45) is -0.965. The van der Waals surface area contributed by atoms with Crippen LogP contribution in [0.5, 0.6) is 5.75 Å². The molecular weight excluding hydrogens is 404 g/mol. The van der Waals surface area contributed by atoms with E-state index in [2.05, 4.69) is 5.10 Å². The lowest BCUT2D eigenvalue weighted by atomic mass is 10.0. The molecule has 0 bridgehead atoms. The average Bonchev–Trinajstić information content (AvgIpc) is 2.80. The maximum absolute atomic E-state index is 13.0. The highest BCUT2D eigenvalue weighted by Gasteiger charge is 2.15. The van der Waals surface area contributed by atoms with Gasteiger partial charge in [0, 0.05) is 16.5 Å². The number of aryl methyl sites for hydroxylation is 1. The molecule has 1 unspecified atom stereocenters. The third kappa shape index (κ3) is 4.60. The van der Waals surface area contributed by atoms with Crippen molar-refractivity contribution in [1.82, 2.24) is 9.78 Å². The number of carbonyl (C=O) groups excluding carboxylic acids is 1. The van der Waals surface area contributed by atoms with Crippen molar-refractivity contribution in [2.75, 3.05) is 6.61 Å². The number of Topliss-reactive ketones (excluding diaryl/α,β-unsaturated/α-hetero) is 1. The van der Waals surface area contributed by atoms with Crippen LogP contribution in [0.2, 0.25) is 0 Å². The summed E-state index contributed by atoms with van der Waals surface area (Å²) in [7, 11) is 0. The Morgan fingerprint density at radius 3 is 2.47 bits per heavy atom. The van der Waals surface area contributed by atoms with Crippen molar-refractivity contribution in [3.05, 3.63) is 94.3 Å². The second-order valence-electron chi connectivity index (χ2n) is 7.80. The van der Waals surface area contributed by atoms with Crippen LogP contribution in [-0.4, -0.2) is 33.4 Å². The third-order valence-corrected chi connectivity index (χ3v) is 5.26. The molecule has 0 saturated heterocycles. The van der Waals surface area contributed by atoms with Gasteiger partial charge in [0.1, 0.15) is 18.5 Å². The van der Waals surface area contributed by atoms with Gasteiger partial charge in [0.2, 0.25) is 0 Å². The van der Waals surface area contributed by atoms with Gasteiger partial charge < -0.3 is 9.84 Å². The van der Waals surface area contributed by atoms with Gasteiger partial charge in [-0.2, -0.15) is 5.10 Å². The Balaban J connectivity index is 1.60. The summed E-state index contributed by atoms with van der Waals surface area (Å²) in [6.45, 7) is 3.44. The molecule has 0 saturated carbocycles. The fourth-order valence-electron chi connectivity index (χ4n) is 3.53. The number of ether oxygens (including phenoxy) is 1. The molecule has 3 aromatic carbocycles. The van der Waals surface area contributed by atoms with Crippen LogP contribution in [0.3, 0.4) is 0 Å². The predicted octanol–water partition coefficient (Wildman–Crippen LogP) is 4.01. The largest absolute Gasteiger partial charge is 0.491 e. The molecule has 1 heterocycles. The van der Waals surface area contributed by atoms with E-state index < -0.39 is 6.10 Å². The van der Waals surface area contributed by atoms with Crippen molar-refractivity contribution < 1.29 is 14.6 Å². The number of hydrogen-bond donors (Lipinski definition) is 1. The smallest absolute Gasteiger partial charge is 0.274 e. The van der Waals surface area contributed by atoms with Gasteiger partial charge in [-0.25, -0.2) is 4.68 Å². The topological polar surface area (TPSA) is 81.4 Å². The quantitative estimate of drug-likeness (QED) is 0.450. The minimum atomic E-state index is -0.965. The van der Waals surface area contributed by atoms with Gasteiger partial charge in [-0.15, -0.1) is 0 Å². The number of aliphatic hydroxyl groups excluding tert-OH is 1. The minimum absolute atomic E-state index is 0.0189. The number of carbonyl (C=O) groups is 1. The van der Waals surface area contributed by atoms with E-state index in [1.54, 1.807) is 30.3 Å². The minimum Gasteiger partial charge on any atom is -0.491 e. The van der Waals surface area contributed by atoms with Crippen molar-refractivity contribution in [2.45, 2.75) is 26.5 Å². The predicted molar refractivity (Wildman–Crippen MR) is 124 cm³/mol. The number of ketones is 1. The van der Waals surface area contributed by atoms with E-state index >= 15 is 0 Å². The Morgan fingerprint density at radius 1 is 1.03 bits per heavy atom. The summed E-state index contributed by atoms with van der Waals surface area (Å²) in [5.74, 6) is 0.419. The Bertz CT molecular complexity index is 1330. The van der Waals surface area contributed by atoms with Crippen LogP contribution < -0.4 is 10.3 Å².